The molecule has 0 saturated heterocycles. The lowest BCUT2D eigenvalue weighted by Gasteiger charge is -2.07. The number of nitrogens with zero attached hydrogens (tertiary/aromatic N) is 1. The third-order valence-corrected chi connectivity index (χ3v) is 2.91. The fraction of sp³-hybridized carbons (Fsp3) is 0.375. The molecule has 8 heteroatoms. The molecule has 1 rings (SSSR count). The second kappa shape index (κ2) is 4.38. The van der Waals surface area contributed by atoms with E-state index in [4.69, 9.17) is 0 Å². The first-order chi connectivity index (χ1) is 7.24. The molecule has 0 amide bonds. The minimum absolute atomic E-state index is 0.0725. The summed E-state index contributed by atoms with van der Waals surface area (Å²) in [6, 6.07) is 0.726. The summed E-state index contributed by atoms with van der Waals surface area (Å²) in [7, 11) is -2.90. The second-order valence-corrected chi connectivity index (χ2v) is 4.69. The van der Waals surface area contributed by atoms with Gasteiger partial charge in [0.2, 0.25) is 0 Å². The standard InChI is InChI=1S/C8H8F3NO3S/c1-15-16(13,14)5-6-2-7(4-12-3-6)8(9,10)11/h2-4H,5H2,1H3. The van der Waals surface area contributed by atoms with E-state index < -0.39 is 27.6 Å². The van der Waals surface area contributed by atoms with E-state index in [0.29, 0.717) is 6.20 Å². The van der Waals surface area contributed by atoms with Crippen LogP contribution >= 0.6 is 0 Å². The van der Waals surface area contributed by atoms with Crippen LogP contribution < -0.4 is 0 Å². The molecule has 90 valence electrons. The highest BCUT2D eigenvalue weighted by Crippen LogP contribution is 2.29. The first-order valence-corrected chi connectivity index (χ1v) is 5.62. The van der Waals surface area contributed by atoms with Crippen molar-refractivity contribution in [3.8, 4) is 0 Å². The van der Waals surface area contributed by atoms with Crippen molar-refractivity contribution >= 4 is 10.1 Å². The monoisotopic (exact) mass is 255 g/mol. The van der Waals surface area contributed by atoms with Crippen molar-refractivity contribution in [2.75, 3.05) is 7.11 Å². The van der Waals surface area contributed by atoms with Gasteiger partial charge in [-0.1, -0.05) is 0 Å². The Morgan fingerprint density at radius 3 is 2.50 bits per heavy atom. The molecule has 0 unspecified atom stereocenters. The van der Waals surface area contributed by atoms with Crippen LogP contribution in [0.4, 0.5) is 13.2 Å². The number of hydrogen-bond acceptors (Lipinski definition) is 4. The van der Waals surface area contributed by atoms with Crippen LogP contribution in [0.25, 0.3) is 0 Å². The van der Waals surface area contributed by atoms with Gasteiger partial charge < -0.3 is 0 Å². The van der Waals surface area contributed by atoms with Gasteiger partial charge in [-0.15, -0.1) is 0 Å². The Labute approximate surface area is 90.2 Å². The van der Waals surface area contributed by atoms with Crippen molar-refractivity contribution < 1.29 is 25.8 Å². The maximum absolute atomic E-state index is 12.3. The minimum atomic E-state index is -4.54. The summed E-state index contributed by atoms with van der Waals surface area (Å²) in [5.41, 5.74) is -1.06. The quantitative estimate of drug-likeness (QED) is 0.769. The van der Waals surface area contributed by atoms with Crippen molar-refractivity contribution in [3.05, 3.63) is 29.6 Å². The third kappa shape index (κ3) is 3.46. The summed E-state index contributed by atoms with van der Waals surface area (Å²) < 4.78 is 62.9. The van der Waals surface area contributed by atoms with Gasteiger partial charge in [0.15, 0.2) is 0 Å². The lowest BCUT2D eigenvalue weighted by Crippen LogP contribution is -2.09. The van der Waals surface area contributed by atoms with Gasteiger partial charge in [0.25, 0.3) is 10.1 Å². The van der Waals surface area contributed by atoms with E-state index >= 15 is 0 Å². The molecule has 1 aromatic rings. The van der Waals surface area contributed by atoms with E-state index in [1.54, 1.807) is 0 Å². The number of pyridine rings is 1. The summed E-state index contributed by atoms with van der Waals surface area (Å²) in [5.74, 6) is -0.638. The van der Waals surface area contributed by atoms with E-state index in [9.17, 15) is 21.6 Å². The molecule has 0 spiro atoms. The van der Waals surface area contributed by atoms with Gasteiger partial charge in [-0.3, -0.25) is 9.17 Å². The van der Waals surface area contributed by atoms with E-state index in [-0.39, 0.29) is 5.56 Å². The van der Waals surface area contributed by atoms with Crippen LogP contribution in [0.5, 0.6) is 0 Å². The SMILES string of the molecule is COS(=O)(=O)Cc1cncc(C(F)(F)F)c1. The molecule has 0 aliphatic rings. The number of rotatable bonds is 3. The predicted octanol–water partition coefficient (Wildman–Crippen LogP) is 1.58. The third-order valence-electron chi connectivity index (χ3n) is 1.72. The van der Waals surface area contributed by atoms with Gasteiger partial charge in [-0.2, -0.15) is 21.6 Å². The number of alkyl halides is 3. The molecule has 0 bridgehead atoms. The van der Waals surface area contributed by atoms with Crippen LogP contribution in [0, 0.1) is 0 Å². The van der Waals surface area contributed by atoms with Crippen molar-refractivity contribution in [3.63, 3.8) is 0 Å². The van der Waals surface area contributed by atoms with Crippen molar-refractivity contribution in [1.82, 2.24) is 4.98 Å². The van der Waals surface area contributed by atoms with Crippen LogP contribution in [0.2, 0.25) is 0 Å². The summed E-state index contributed by atoms with van der Waals surface area (Å²) in [6.07, 6.45) is -2.87. The highest BCUT2D eigenvalue weighted by molar-refractivity contribution is 7.85. The van der Waals surface area contributed by atoms with Crippen molar-refractivity contribution in [2.24, 2.45) is 0 Å². The molecule has 0 fully saturated rings. The van der Waals surface area contributed by atoms with Gasteiger partial charge in [0.1, 0.15) is 5.75 Å². The lowest BCUT2D eigenvalue weighted by atomic mass is 10.2. The van der Waals surface area contributed by atoms with Gasteiger partial charge in [-0.25, -0.2) is 0 Å². The summed E-state index contributed by atoms with van der Waals surface area (Å²) in [6.45, 7) is 0. The summed E-state index contributed by atoms with van der Waals surface area (Å²) in [4.78, 5) is 3.33. The van der Waals surface area contributed by atoms with Crippen LogP contribution in [-0.2, 0) is 26.2 Å². The minimum Gasteiger partial charge on any atom is -0.273 e. The molecule has 0 atom stereocenters. The topological polar surface area (TPSA) is 56.3 Å². The summed E-state index contributed by atoms with van der Waals surface area (Å²) in [5, 5.41) is 0. The van der Waals surface area contributed by atoms with E-state index in [1.807, 2.05) is 0 Å². The van der Waals surface area contributed by atoms with Crippen molar-refractivity contribution in [1.29, 1.82) is 0 Å². The fourth-order valence-corrected chi connectivity index (χ4v) is 1.67. The Hall–Kier alpha value is -1.15. The van der Waals surface area contributed by atoms with Crippen LogP contribution in [0.15, 0.2) is 18.5 Å². The Kier molecular flexibility index (Phi) is 3.54. The normalized spacial score (nSPS) is 12.8. The van der Waals surface area contributed by atoms with Gasteiger partial charge >= 0.3 is 6.18 Å². The molecular formula is C8H8F3NO3S. The predicted molar refractivity (Wildman–Crippen MR) is 48.9 cm³/mol. The lowest BCUT2D eigenvalue weighted by molar-refractivity contribution is -0.137. The molecule has 1 aromatic heterocycles. The molecule has 0 saturated carbocycles. The summed E-state index contributed by atoms with van der Waals surface area (Å²) >= 11 is 0. The molecule has 0 aliphatic heterocycles. The zero-order chi connectivity index (χ0) is 12.4. The molecule has 16 heavy (non-hydrogen) atoms. The van der Waals surface area contributed by atoms with E-state index in [0.717, 1.165) is 19.4 Å². The van der Waals surface area contributed by atoms with Crippen LogP contribution in [-0.4, -0.2) is 20.5 Å². The Balaban J connectivity index is 3.01. The Morgan fingerprint density at radius 1 is 1.38 bits per heavy atom. The first-order valence-electron chi connectivity index (χ1n) is 4.04. The van der Waals surface area contributed by atoms with Crippen molar-refractivity contribution in [2.45, 2.75) is 11.9 Å². The number of aromatic nitrogens is 1. The zero-order valence-electron chi connectivity index (χ0n) is 8.15. The highest BCUT2D eigenvalue weighted by atomic mass is 32.2. The largest absolute Gasteiger partial charge is 0.417 e. The maximum Gasteiger partial charge on any atom is 0.417 e. The second-order valence-electron chi connectivity index (χ2n) is 2.95. The molecule has 0 aliphatic carbocycles. The smallest absolute Gasteiger partial charge is 0.273 e. The zero-order valence-corrected chi connectivity index (χ0v) is 8.97. The average molecular weight is 255 g/mol. The molecule has 1 heterocycles. The Bertz CT molecular complexity index is 470. The first kappa shape index (κ1) is 12.9. The molecule has 0 N–H and O–H groups in total. The van der Waals surface area contributed by atoms with Crippen LogP contribution in [0.1, 0.15) is 11.1 Å². The highest BCUT2D eigenvalue weighted by Gasteiger charge is 2.31. The van der Waals surface area contributed by atoms with E-state index in [1.165, 1.54) is 0 Å². The van der Waals surface area contributed by atoms with Gasteiger partial charge in [0.05, 0.1) is 12.7 Å². The average Bonchev–Trinajstić information content (AvgIpc) is 2.16. The van der Waals surface area contributed by atoms with Crippen LogP contribution in [0.3, 0.4) is 0 Å². The van der Waals surface area contributed by atoms with Gasteiger partial charge in [0, 0.05) is 12.4 Å². The molecular weight excluding hydrogens is 247 g/mol. The number of hydrogen-bond donors (Lipinski definition) is 0. The molecule has 4 nitrogen and oxygen atoms in total. The van der Waals surface area contributed by atoms with E-state index in [2.05, 4.69) is 9.17 Å². The number of halogens is 3. The molecule has 0 aromatic carbocycles. The van der Waals surface area contributed by atoms with Gasteiger partial charge in [-0.05, 0) is 11.6 Å². The Morgan fingerprint density at radius 2 is 2.00 bits per heavy atom. The molecule has 0 radical (unpaired) electrons. The fourth-order valence-electron chi connectivity index (χ4n) is 0.985. The maximum atomic E-state index is 12.3.